The Labute approximate surface area is 255 Å². The molecule has 13 heteroatoms. The monoisotopic (exact) mass is 618 g/mol. The first-order chi connectivity index (χ1) is 20.6. The SMILES string of the molecule is C=CC[C@@H]1C[C@H]1OC(=O)N[C@H](C(=O)N1C[C@H](Oc2nc3cc(OC)ccc3nc2C(C)(F)F)[C@@H](CC)[C@H]1C(=O)O)C(C)(C)C. The number of carbonyl (C=O) groups excluding carboxylic acids is 2. The topological polar surface area (TPSA) is 140 Å². The Hall–Kier alpha value is -4.03. The van der Waals surface area contributed by atoms with Crippen molar-refractivity contribution in [2.75, 3.05) is 13.7 Å². The lowest BCUT2D eigenvalue weighted by Gasteiger charge is -2.34. The Morgan fingerprint density at radius 2 is 1.89 bits per heavy atom. The van der Waals surface area contributed by atoms with Gasteiger partial charge in [-0.3, -0.25) is 4.79 Å². The van der Waals surface area contributed by atoms with E-state index in [-0.39, 0.29) is 36.0 Å². The van der Waals surface area contributed by atoms with Crippen LogP contribution in [-0.4, -0.2) is 75.9 Å². The number of aliphatic carboxylic acids is 1. The fraction of sp³-hybridized carbons (Fsp3) is 0.581. The number of allylic oxidation sites excluding steroid dienone is 1. The van der Waals surface area contributed by atoms with Crippen molar-refractivity contribution in [2.24, 2.45) is 17.3 Å². The zero-order valence-electron chi connectivity index (χ0n) is 25.8. The molecule has 240 valence electrons. The predicted octanol–water partition coefficient (Wildman–Crippen LogP) is 4.92. The predicted molar refractivity (Wildman–Crippen MR) is 157 cm³/mol. The van der Waals surface area contributed by atoms with Crippen molar-refractivity contribution in [1.29, 1.82) is 0 Å². The molecule has 2 N–H and O–H groups in total. The summed E-state index contributed by atoms with van der Waals surface area (Å²) in [6.45, 7) is 11.0. The quantitative estimate of drug-likeness (QED) is 0.336. The molecule has 2 amide bonds. The number of methoxy groups -OCH3 is 1. The Balaban J connectivity index is 1.64. The zero-order chi connectivity index (χ0) is 32.6. The van der Waals surface area contributed by atoms with Crippen LogP contribution >= 0.6 is 0 Å². The Morgan fingerprint density at radius 3 is 2.45 bits per heavy atom. The molecule has 0 bridgehead atoms. The number of carbonyl (C=O) groups is 3. The van der Waals surface area contributed by atoms with Gasteiger partial charge in [-0.05, 0) is 36.8 Å². The summed E-state index contributed by atoms with van der Waals surface area (Å²) in [5.41, 5.74) is -1.11. The van der Waals surface area contributed by atoms with E-state index in [1.165, 1.54) is 19.2 Å². The number of carboxylic acid groups (broad SMARTS) is 1. The maximum absolute atomic E-state index is 14.7. The zero-order valence-corrected chi connectivity index (χ0v) is 25.8. The number of alkyl carbamates (subject to hydrolysis) is 1. The molecule has 44 heavy (non-hydrogen) atoms. The van der Waals surface area contributed by atoms with E-state index < -0.39 is 65.0 Å². The average Bonchev–Trinajstić information content (AvgIpc) is 3.55. The van der Waals surface area contributed by atoms with Gasteiger partial charge in [0.15, 0.2) is 5.69 Å². The highest BCUT2D eigenvalue weighted by Gasteiger charge is 2.52. The molecular formula is C31H40F2N4O7. The second-order valence-electron chi connectivity index (χ2n) is 12.5. The van der Waals surface area contributed by atoms with Crippen LogP contribution in [-0.2, 0) is 20.2 Å². The highest BCUT2D eigenvalue weighted by Crippen LogP contribution is 2.39. The number of benzene rings is 1. The van der Waals surface area contributed by atoms with E-state index >= 15 is 0 Å². The smallest absolute Gasteiger partial charge is 0.408 e. The molecule has 6 atom stereocenters. The molecule has 1 aromatic heterocycles. The van der Waals surface area contributed by atoms with E-state index in [9.17, 15) is 28.3 Å². The van der Waals surface area contributed by atoms with Crippen LogP contribution in [0.1, 0.15) is 59.6 Å². The van der Waals surface area contributed by atoms with Crippen molar-refractivity contribution >= 4 is 29.0 Å². The van der Waals surface area contributed by atoms with Gasteiger partial charge in [-0.2, -0.15) is 8.78 Å². The number of carboxylic acids is 1. The fourth-order valence-electron chi connectivity index (χ4n) is 5.62. The summed E-state index contributed by atoms with van der Waals surface area (Å²) >= 11 is 0. The van der Waals surface area contributed by atoms with Crippen LogP contribution in [0.25, 0.3) is 11.0 Å². The van der Waals surface area contributed by atoms with Gasteiger partial charge in [-0.1, -0.05) is 33.8 Å². The van der Waals surface area contributed by atoms with Crippen molar-refractivity contribution in [2.45, 2.75) is 84.1 Å². The van der Waals surface area contributed by atoms with Gasteiger partial charge in [0.05, 0.1) is 24.7 Å². The summed E-state index contributed by atoms with van der Waals surface area (Å²) in [6, 6.07) is 2.10. The van der Waals surface area contributed by atoms with Crippen LogP contribution in [0.15, 0.2) is 30.9 Å². The minimum atomic E-state index is -3.44. The van der Waals surface area contributed by atoms with Crippen molar-refractivity contribution in [3.05, 3.63) is 36.5 Å². The highest BCUT2D eigenvalue weighted by atomic mass is 19.3. The first kappa shape index (κ1) is 32.9. The van der Waals surface area contributed by atoms with E-state index in [1.54, 1.807) is 39.8 Å². The number of amides is 2. The fourth-order valence-corrected chi connectivity index (χ4v) is 5.62. The van der Waals surface area contributed by atoms with Gasteiger partial charge in [0.2, 0.25) is 11.8 Å². The number of nitrogens with zero attached hydrogens (tertiary/aromatic N) is 3. The summed E-state index contributed by atoms with van der Waals surface area (Å²) in [7, 11) is 1.45. The van der Waals surface area contributed by atoms with Crippen molar-refractivity contribution < 1.29 is 42.5 Å². The lowest BCUT2D eigenvalue weighted by atomic mass is 9.85. The number of rotatable bonds is 11. The van der Waals surface area contributed by atoms with Crippen LogP contribution in [0.4, 0.5) is 13.6 Å². The number of hydrogen-bond donors (Lipinski definition) is 2. The van der Waals surface area contributed by atoms with Crippen molar-refractivity contribution in [3.8, 4) is 11.6 Å². The summed E-state index contributed by atoms with van der Waals surface area (Å²) in [5, 5.41) is 12.9. The van der Waals surface area contributed by atoms with E-state index in [1.807, 2.05) is 0 Å². The molecule has 1 saturated carbocycles. The third kappa shape index (κ3) is 7.02. The molecule has 2 fully saturated rings. The standard InChI is InChI=1S/C31H40F2N4O7/c1-8-10-16-13-21(16)44-29(41)36-25(30(3,4)5)27(38)37-15-22(18(9-2)23(37)28(39)40)43-26-24(31(6,32)33)34-19-12-11-17(42-7)14-20(19)35-26/h8,11-12,14,16,18,21-23,25H,1,9-10,13,15H2,2-7H3,(H,36,41)(H,39,40)/t16-,18-,21-,22+,23+,25-/m1/s1. The molecule has 0 spiro atoms. The number of hydrogen-bond acceptors (Lipinski definition) is 8. The summed E-state index contributed by atoms with van der Waals surface area (Å²) in [6.07, 6.45) is 1.33. The molecule has 1 saturated heterocycles. The van der Waals surface area contributed by atoms with Crippen LogP contribution < -0.4 is 14.8 Å². The third-order valence-corrected chi connectivity index (χ3v) is 8.08. The Morgan fingerprint density at radius 1 is 1.18 bits per heavy atom. The number of ether oxygens (including phenoxy) is 3. The van der Waals surface area contributed by atoms with Crippen LogP contribution in [0.2, 0.25) is 0 Å². The first-order valence-corrected chi connectivity index (χ1v) is 14.6. The second kappa shape index (κ2) is 12.5. The first-order valence-electron chi connectivity index (χ1n) is 14.6. The van der Waals surface area contributed by atoms with Gasteiger partial charge < -0.3 is 29.5 Å². The number of alkyl halides is 2. The average molecular weight is 619 g/mol. The summed E-state index contributed by atoms with van der Waals surface area (Å²) in [5.74, 6) is -6.01. The molecule has 2 heterocycles. The van der Waals surface area contributed by atoms with Gasteiger partial charge in [0, 0.05) is 24.8 Å². The van der Waals surface area contributed by atoms with Crippen molar-refractivity contribution in [3.63, 3.8) is 0 Å². The van der Waals surface area contributed by atoms with Crippen LogP contribution in [0.3, 0.4) is 0 Å². The van der Waals surface area contributed by atoms with E-state index in [4.69, 9.17) is 14.2 Å². The van der Waals surface area contributed by atoms with E-state index in [0.717, 1.165) is 4.90 Å². The highest BCUT2D eigenvalue weighted by molar-refractivity contribution is 5.90. The molecule has 1 aliphatic heterocycles. The number of likely N-dealkylation sites (tertiary alicyclic amines) is 1. The van der Waals surface area contributed by atoms with Crippen LogP contribution in [0.5, 0.6) is 11.6 Å². The number of nitrogens with one attached hydrogen (secondary N) is 1. The molecule has 4 rings (SSSR count). The Kier molecular flexibility index (Phi) is 9.36. The molecule has 2 aliphatic rings. The normalized spacial score (nSPS) is 24.0. The van der Waals surface area contributed by atoms with Gasteiger partial charge in [0.25, 0.3) is 5.92 Å². The maximum Gasteiger partial charge on any atom is 0.408 e. The van der Waals surface area contributed by atoms with E-state index in [2.05, 4.69) is 21.9 Å². The lowest BCUT2D eigenvalue weighted by Crippen LogP contribution is -2.57. The lowest BCUT2D eigenvalue weighted by molar-refractivity contribution is -0.151. The molecular weight excluding hydrogens is 578 g/mol. The minimum Gasteiger partial charge on any atom is -0.497 e. The van der Waals surface area contributed by atoms with Gasteiger partial charge in [-0.25, -0.2) is 19.6 Å². The second-order valence-corrected chi connectivity index (χ2v) is 12.5. The summed E-state index contributed by atoms with van der Waals surface area (Å²) in [4.78, 5) is 48.9. The van der Waals surface area contributed by atoms with Crippen LogP contribution in [0, 0.1) is 17.3 Å². The maximum atomic E-state index is 14.7. The largest absolute Gasteiger partial charge is 0.497 e. The molecule has 0 radical (unpaired) electrons. The summed E-state index contributed by atoms with van der Waals surface area (Å²) < 4.78 is 46.2. The molecule has 11 nitrogen and oxygen atoms in total. The molecule has 1 aliphatic carbocycles. The molecule has 0 unspecified atom stereocenters. The van der Waals surface area contributed by atoms with Gasteiger partial charge in [0.1, 0.15) is 30.0 Å². The van der Waals surface area contributed by atoms with E-state index in [0.29, 0.717) is 25.5 Å². The number of aromatic nitrogens is 2. The van der Waals surface area contributed by atoms with Crippen molar-refractivity contribution in [1.82, 2.24) is 20.2 Å². The number of halogens is 2. The number of fused-ring (bicyclic) bond motifs is 1. The van der Waals surface area contributed by atoms with Gasteiger partial charge in [-0.15, -0.1) is 6.58 Å². The molecule has 2 aromatic rings. The molecule has 1 aromatic carbocycles. The van der Waals surface area contributed by atoms with Gasteiger partial charge >= 0.3 is 12.1 Å². The Bertz CT molecular complexity index is 1420. The third-order valence-electron chi connectivity index (χ3n) is 8.08. The minimum absolute atomic E-state index is 0.180.